The maximum atomic E-state index is 13.3. The number of rotatable bonds is 16. The highest BCUT2D eigenvalue weighted by Gasteiger charge is 2.37. The van der Waals surface area contributed by atoms with Crippen molar-refractivity contribution in [3.05, 3.63) is 52.0 Å². The maximum Gasteiger partial charge on any atom is 0.263 e. The monoisotopic (exact) mass is 567 g/mol. The number of aliphatic hydroxyl groups is 1. The van der Waals surface area contributed by atoms with E-state index in [1.54, 1.807) is 31.2 Å². The van der Waals surface area contributed by atoms with Gasteiger partial charge in [0.25, 0.3) is 5.91 Å². The molecule has 1 aromatic carbocycles. The number of amides is 2. The molecule has 0 radical (unpaired) electrons. The summed E-state index contributed by atoms with van der Waals surface area (Å²) in [5, 5.41) is 16.5. The van der Waals surface area contributed by atoms with Crippen LogP contribution < -0.4 is 10.6 Å². The second-order valence-electron chi connectivity index (χ2n) is 9.07. The van der Waals surface area contributed by atoms with E-state index >= 15 is 0 Å². The van der Waals surface area contributed by atoms with E-state index in [1.807, 2.05) is 6.07 Å². The highest BCUT2D eigenvalue weighted by atomic mass is 35.5. The van der Waals surface area contributed by atoms with Gasteiger partial charge in [0.2, 0.25) is 5.91 Å². The van der Waals surface area contributed by atoms with Gasteiger partial charge in [0, 0.05) is 20.6 Å². The summed E-state index contributed by atoms with van der Waals surface area (Å²) in [6, 6.07) is 6.88. The number of hydrogen-bond acceptors (Lipinski definition) is 9. The summed E-state index contributed by atoms with van der Waals surface area (Å²) in [4.78, 5) is 56.5. The third-order valence-electron chi connectivity index (χ3n) is 5.77. The molecule has 0 aliphatic rings. The Morgan fingerprint density at radius 2 is 1.74 bits per heavy atom. The molecule has 38 heavy (non-hydrogen) atoms. The van der Waals surface area contributed by atoms with Gasteiger partial charge in [-0.05, 0) is 25.8 Å². The fraction of sp³-hybridized carbons (Fsp3) is 0.500. The van der Waals surface area contributed by atoms with Gasteiger partial charge in [-0.15, -0.1) is 22.9 Å². The number of nitrogens with one attached hydrogen (secondary N) is 2. The molecule has 2 amide bonds. The topological polar surface area (TPSA) is 144 Å². The molecule has 10 nitrogen and oxygen atoms in total. The molecule has 0 bridgehead atoms. The van der Waals surface area contributed by atoms with Crippen LogP contribution in [0.15, 0.2) is 36.5 Å². The smallest absolute Gasteiger partial charge is 0.263 e. The minimum absolute atomic E-state index is 0.0998. The Hall–Kier alpha value is -2.70. The number of alkyl halides is 1. The zero-order valence-electron chi connectivity index (χ0n) is 21.9. The first-order valence-electron chi connectivity index (χ1n) is 11.9. The van der Waals surface area contributed by atoms with E-state index in [4.69, 9.17) is 21.1 Å². The normalized spacial score (nSPS) is 15.1. The van der Waals surface area contributed by atoms with Gasteiger partial charge in [-0.2, -0.15) is 0 Å². The maximum absolute atomic E-state index is 13.3. The first-order chi connectivity index (χ1) is 18.0. The summed E-state index contributed by atoms with van der Waals surface area (Å²) in [7, 11) is 2.78. The third-order valence-corrected chi connectivity index (χ3v) is 7.20. The van der Waals surface area contributed by atoms with Crippen molar-refractivity contribution in [2.24, 2.45) is 5.92 Å². The van der Waals surface area contributed by atoms with Gasteiger partial charge in [-0.1, -0.05) is 30.3 Å². The lowest BCUT2D eigenvalue weighted by Gasteiger charge is -2.28. The van der Waals surface area contributed by atoms with E-state index in [-0.39, 0.29) is 31.9 Å². The number of thiazole rings is 1. The summed E-state index contributed by atoms with van der Waals surface area (Å²) in [6.45, 7) is 2.83. The lowest BCUT2D eigenvalue weighted by Crippen LogP contribution is -2.54. The van der Waals surface area contributed by atoms with Gasteiger partial charge in [0.1, 0.15) is 16.5 Å². The van der Waals surface area contributed by atoms with E-state index in [1.165, 1.54) is 38.7 Å². The molecule has 0 spiro atoms. The van der Waals surface area contributed by atoms with E-state index in [0.717, 1.165) is 5.56 Å². The van der Waals surface area contributed by atoms with Crippen molar-refractivity contribution in [1.29, 1.82) is 0 Å². The number of methoxy groups -OCH3 is 2. The molecule has 0 fully saturated rings. The molecule has 12 heteroatoms. The van der Waals surface area contributed by atoms with Crippen LogP contribution >= 0.6 is 22.9 Å². The molecule has 0 unspecified atom stereocenters. The average Bonchev–Trinajstić information content (AvgIpc) is 3.34. The fourth-order valence-electron chi connectivity index (χ4n) is 3.68. The molecule has 0 saturated heterocycles. The van der Waals surface area contributed by atoms with Crippen LogP contribution in [0.25, 0.3) is 0 Å². The first kappa shape index (κ1) is 31.5. The lowest BCUT2D eigenvalue weighted by molar-refractivity contribution is -0.140. The molecule has 3 N–H and O–H groups in total. The summed E-state index contributed by atoms with van der Waals surface area (Å²) in [5.41, 5.74) is -1.11. The largest absolute Gasteiger partial charge is 0.384 e. The van der Waals surface area contributed by atoms with Gasteiger partial charge in [0.15, 0.2) is 11.6 Å². The third kappa shape index (κ3) is 9.25. The van der Waals surface area contributed by atoms with Crippen molar-refractivity contribution in [2.45, 2.75) is 44.4 Å². The van der Waals surface area contributed by atoms with E-state index in [2.05, 4.69) is 15.6 Å². The zero-order chi connectivity index (χ0) is 28.3. The van der Waals surface area contributed by atoms with E-state index in [0.29, 0.717) is 9.88 Å². The molecular formula is C26H34ClN3O7S. The number of carbonyl (C=O) groups is 4. The molecule has 1 heterocycles. The summed E-state index contributed by atoms with van der Waals surface area (Å²) < 4.78 is 10.3. The van der Waals surface area contributed by atoms with Gasteiger partial charge in [-0.25, -0.2) is 4.98 Å². The standard InChI is InChI=1S/C26H34ClN3O7S/c1-16-28-12-22(38-16)25(34)30-20(14-37-4)21(31)11-18(13-36-3)24(33)29-19(23(32)26(2,35)15-27)10-17-8-6-5-7-9-17/h5-9,12,18-20,35H,10-11,13-15H2,1-4H3,(H,29,33)(H,30,34)/t18-,19-,20-,26+/m0/s1. The first-order valence-corrected chi connectivity index (χ1v) is 13.3. The van der Waals surface area contributed by atoms with Crippen molar-refractivity contribution >= 4 is 46.3 Å². The van der Waals surface area contributed by atoms with Crippen LogP contribution in [0.3, 0.4) is 0 Å². The number of aryl methyl sites for hydroxylation is 1. The number of nitrogens with zero attached hydrogens (tertiary/aromatic N) is 1. The molecule has 1 aromatic heterocycles. The minimum atomic E-state index is -1.87. The highest BCUT2D eigenvalue weighted by Crippen LogP contribution is 2.17. The van der Waals surface area contributed by atoms with Crippen molar-refractivity contribution in [2.75, 3.05) is 33.3 Å². The van der Waals surface area contributed by atoms with Gasteiger partial charge >= 0.3 is 0 Å². The molecule has 0 aliphatic heterocycles. The van der Waals surface area contributed by atoms with Crippen molar-refractivity contribution in [3.8, 4) is 0 Å². The number of benzene rings is 1. The predicted octanol–water partition coefficient (Wildman–Crippen LogP) is 1.70. The second-order valence-corrected chi connectivity index (χ2v) is 10.6. The van der Waals surface area contributed by atoms with Crippen molar-refractivity contribution in [1.82, 2.24) is 15.6 Å². The van der Waals surface area contributed by atoms with E-state index in [9.17, 15) is 24.3 Å². The molecular weight excluding hydrogens is 534 g/mol. The number of halogens is 1. The van der Waals surface area contributed by atoms with Crippen LogP contribution in [0.4, 0.5) is 0 Å². The van der Waals surface area contributed by atoms with Crippen LogP contribution in [0.5, 0.6) is 0 Å². The zero-order valence-corrected chi connectivity index (χ0v) is 23.4. The van der Waals surface area contributed by atoms with E-state index < -0.39 is 47.0 Å². The lowest BCUT2D eigenvalue weighted by atomic mass is 9.91. The molecule has 208 valence electrons. The Kier molecular flexibility index (Phi) is 12.5. The summed E-state index contributed by atoms with van der Waals surface area (Å²) >= 11 is 6.99. The van der Waals surface area contributed by atoms with Crippen molar-refractivity contribution < 1.29 is 33.8 Å². The Balaban J connectivity index is 2.18. The second kappa shape index (κ2) is 15.0. The van der Waals surface area contributed by atoms with Gasteiger partial charge < -0.3 is 25.2 Å². The molecule has 0 aliphatic carbocycles. The quantitative estimate of drug-likeness (QED) is 0.260. The molecule has 2 aromatic rings. The SMILES string of the molecule is COC[C@H](CC(=O)[C@H](COC)NC(=O)c1cnc(C)s1)C(=O)N[C@@H](Cc1ccccc1)C(=O)[C@](C)(O)CCl. The van der Waals surface area contributed by atoms with Gasteiger partial charge in [-0.3, -0.25) is 19.2 Å². The van der Waals surface area contributed by atoms with Gasteiger partial charge in [0.05, 0.1) is 42.3 Å². The number of ketones is 2. The number of hydrogen-bond donors (Lipinski definition) is 3. The highest BCUT2D eigenvalue weighted by molar-refractivity contribution is 7.13. The Labute approximate surface area is 231 Å². The van der Waals surface area contributed by atoms with Crippen LogP contribution in [0.2, 0.25) is 0 Å². The Morgan fingerprint density at radius 1 is 1.08 bits per heavy atom. The van der Waals surface area contributed by atoms with Crippen LogP contribution in [-0.4, -0.2) is 84.5 Å². The Morgan fingerprint density at radius 3 is 2.29 bits per heavy atom. The molecule has 2 rings (SSSR count). The summed E-state index contributed by atoms with van der Waals surface area (Å²) in [5.74, 6) is -3.52. The molecule has 0 saturated carbocycles. The average molecular weight is 568 g/mol. The predicted molar refractivity (Wildman–Crippen MR) is 143 cm³/mol. The summed E-state index contributed by atoms with van der Waals surface area (Å²) in [6.07, 6.45) is 1.25. The Bertz CT molecular complexity index is 1090. The van der Waals surface area contributed by atoms with Crippen LogP contribution in [0, 0.1) is 12.8 Å². The minimum Gasteiger partial charge on any atom is -0.384 e. The van der Waals surface area contributed by atoms with Crippen LogP contribution in [-0.2, 0) is 30.3 Å². The molecule has 4 atom stereocenters. The number of aromatic nitrogens is 1. The number of Topliss-reactive ketones (excluding diaryl/α,β-unsaturated/α-hetero) is 2. The van der Waals surface area contributed by atoms with Crippen molar-refractivity contribution in [3.63, 3.8) is 0 Å². The number of carbonyl (C=O) groups excluding carboxylic acids is 4. The van der Waals surface area contributed by atoms with Crippen LogP contribution in [0.1, 0.15) is 33.6 Å². The number of ether oxygens (including phenoxy) is 2. The fourth-order valence-corrected chi connectivity index (χ4v) is 4.49.